The van der Waals surface area contributed by atoms with Gasteiger partial charge in [0.25, 0.3) is 0 Å². The highest BCUT2D eigenvalue weighted by molar-refractivity contribution is 7.89. The maximum Gasteiger partial charge on any atom is 0.237 e. The monoisotopic (exact) mass is 248 g/mol. The van der Waals surface area contributed by atoms with Gasteiger partial charge < -0.3 is 5.32 Å². The zero-order valence-electron chi connectivity index (χ0n) is 9.90. The van der Waals surface area contributed by atoms with E-state index >= 15 is 0 Å². The molecule has 0 aromatic rings. The average Bonchev–Trinajstić information content (AvgIpc) is 2.17. The van der Waals surface area contributed by atoms with Crippen molar-refractivity contribution in [3.05, 3.63) is 0 Å². The fourth-order valence-corrected chi connectivity index (χ4v) is 3.81. The lowest BCUT2D eigenvalue weighted by atomic mass is 10.1. The molecule has 1 saturated heterocycles. The van der Waals surface area contributed by atoms with Crippen molar-refractivity contribution < 1.29 is 13.2 Å². The van der Waals surface area contributed by atoms with E-state index in [-0.39, 0.29) is 17.7 Å². The van der Waals surface area contributed by atoms with Crippen molar-refractivity contribution in [1.82, 2.24) is 9.62 Å². The summed E-state index contributed by atoms with van der Waals surface area (Å²) < 4.78 is 25.0. The summed E-state index contributed by atoms with van der Waals surface area (Å²) in [5.74, 6) is -0.328. The third-order valence-electron chi connectivity index (χ3n) is 2.67. The largest absolute Gasteiger partial charge is 0.315 e. The van der Waals surface area contributed by atoms with E-state index in [9.17, 15) is 13.2 Å². The molecule has 1 aliphatic heterocycles. The number of hydrogen-bond acceptors (Lipinski definition) is 4. The van der Waals surface area contributed by atoms with Gasteiger partial charge in [-0.05, 0) is 25.8 Å². The maximum atomic E-state index is 11.9. The lowest BCUT2D eigenvalue weighted by Gasteiger charge is -2.33. The van der Waals surface area contributed by atoms with Crippen LogP contribution >= 0.6 is 0 Å². The number of nitrogens with one attached hydrogen (secondary N) is 1. The molecule has 1 rings (SSSR count). The van der Waals surface area contributed by atoms with Crippen LogP contribution in [0.3, 0.4) is 0 Å². The van der Waals surface area contributed by atoms with E-state index in [4.69, 9.17) is 0 Å². The van der Waals surface area contributed by atoms with E-state index < -0.39 is 10.0 Å². The first-order chi connectivity index (χ1) is 7.49. The van der Waals surface area contributed by atoms with E-state index in [2.05, 4.69) is 5.32 Å². The molecule has 1 atom stereocenters. The Morgan fingerprint density at radius 1 is 1.50 bits per heavy atom. The van der Waals surface area contributed by atoms with Gasteiger partial charge in [-0.2, -0.15) is 0 Å². The van der Waals surface area contributed by atoms with Crippen LogP contribution in [0, 0.1) is 0 Å². The average molecular weight is 248 g/mol. The molecular formula is C10H20N2O3S. The van der Waals surface area contributed by atoms with Gasteiger partial charge in [-0.25, -0.2) is 12.7 Å². The van der Waals surface area contributed by atoms with Gasteiger partial charge in [-0.3, -0.25) is 4.79 Å². The Morgan fingerprint density at radius 3 is 2.62 bits per heavy atom. The Bertz CT molecular complexity index is 334. The Kier molecular flexibility index (Phi) is 4.73. The highest BCUT2D eigenvalue weighted by Crippen LogP contribution is 2.16. The lowest BCUT2D eigenvalue weighted by molar-refractivity contribution is -0.125. The highest BCUT2D eigenvalue weighted by Gasteiger charge is 2.32. The summed E-state index contributed by atoms with van der Waals surface area (Å²) in [4.78, 5) is 11.5. The van der Waals surface area contributed by atoms with Gasteiger partial charge in [0.05, 0.1) is 11.8 Å². The second-order valence-corrected chi connectivity index (χ2v) is 6.10. The molecule has 0 saturated carbocycles. The minimum atomic E-state index is -3.43. The van der Waals surface area contributed by atoms with E-state index in [1.807, 2.05) is 0 Å². The van der Waals surface area contributed by atoms with Gasteiger partial charge >= 0.3 is 0 Å². The van der Waals surface area contributed by atoms with E-state index in [1.165, 1.54) is 6.92 Å². The van der Waals surface area contributed by atoms with Gasteiger partial charge in [0, 0.05) is 13.5 Å². The van der Waals surface area contributed by atoms with Gasteiger partial charge in [-0.15, -0.1) is 0 Å². The summed E-state index contributed by atoms with van der Waals surface area (Å²) >= 11 is 0. The molecule has 1 aliphatic rings. The summed E-state index contributed by atoms with van der Waals surface area (Å²) in [5.41, 5.74) is 0. The number of nitrogens with zero attached hydrogens (tertiary/aromatic N) is 1. The number of carbonyl (C=O) groups excluding carboxylic acids is 1. The number of hydrogen-bond donors (Lipinski definition) is 1. The first kappa shape index (κ1) is 13.4. The number of amides is 1. The molecule has 94 valence electrons. The molecule has 1 amide bonds. The zero-order valence-corrected chi connectivity index (χ0v) is 10.7. The van der Waals surface area contributed by atoms with Crippen LogP contribution in [-0.2, 0) is 14.8 Å². The van der Waals surface area contributed by atoms with Crippen LogP contribution in [0.5, 0.6) is 0 Å². The number of carbonyl (C=O) groups is 1. The Morgan fingerprint density at radius 2 is 2.19 bits per heavy atom. The van der Waals surface area contributed by atoms with Crippen molar-refractivity contribution in [2.45, 2.75) is 39.2 Å². The van der Waals surface area contributed by atoms with Crippen molar-refractivity contribution >= 4 is 15.9 Å². The Balaban J connectivity index is 2.85. The second kappa shape index (κ2) is 5.63. The van der Waals surface area contributed by atoms with Gasteiger partial charge in [0.1, 0.15) is 0 Å². The molecule has 1 heterocycles. The van der Waals surface area contributed by atoms with E-state index in [0.717, 1.165) is 23.7 Å². The van der Waals surface area contributed by atoms with E-state index in [0.29, 0.717) is 13.0 Å². The van der Waals surface area contributed by atoms with Crippen LogP contribution in [0.2, 0.25) is 0 Å². The minimum Gasteiger partial charge on any atom is -0.315 e. The molecule has 0 aromatic carbocycles. The predicted octanol–water partition coefficient (Wildman–Crippen LogP) is 0.327. The summed E-state index contributed by atoms with van der Waals surface area (Å²) in [6.07, 6.45) is 2.21. The third-order valence-corrected chi connectivity index (χ3v) is 4.75. The molecule has 1 N–H and O–H groups in total. The molecule has 1 unspecified atom stereocenters. The molecule has 0 aliphatic carbocycles. The molecule has 5 nitrogen and oxygen atoms in total. The van der Waals surface area contributed by atoms with Crippen LogP contribution in [0.25, 0.3) is 0 Å². The molecule has 16 heavy (non-hydrogen) atoms. The number of sulfonamides is 1. The van der Waals surface area contributed by atoms with Crippen molar-refractivity contribution in [3.63, 3.8) is 0 Å². The smallest absolute Gasteiger partial charge is 0.237 e. The van der Waals surface area contributed by atoms with Crippen LogP contribution < -0.4 is 5.32 Å². The quantitative estimate of drug-likeness (QED) is 0.778. The summed E-state index contributed by atoms with van der Waals surface area (Å²) in [6.45, 7) is 4.59. The molecule has 6 heteroatoms. The molecule has 1 fully saturated rings. The highest BCUT2D eigenvalue weighted by atomic mass is 32.2. The number of rotatable bonds is 4. The first-order valence-electron chi connectivity index (χ1n) is 5.72. The molecule has 0 bridgehead atoms. The molecule has 0 radical (unpaired) electrons. The molecule has 0 spiro atoms. The van der Waals surface area contributed by atoms with Crippen LogP contribution in [0.1, 0.15) is 33.1 Å². The normalized spacial score (nSPS) is 21.8. The molecule has 0 aromatic heterocycles. The summed E-state index contributed by atoms with van der Waals surface area (Å²) in [7, 11) is -3.43. The second-order valence-electron chi connectivity index (χ2n) is 4.13. The fourth-order valence-electron chi connectivity index (χ4n) is 2.07. The fraction of sp³-hybridized carbons (Fsp3) is 0.900. The van der Waals surface area contributed by atoms with Crippen molar-refractivity contribution in [1.29, 1.82) is 0 Å². The maximum absolute atomic E-state index is 11.9. The van der Waals surface area contributed by atoms with Gasteiger partial charge in [-0.1, -0.05) is 6.92 Å². The standard InChI is InChI=1S/C10H20N2O3S/c1-3-7-16(14,15)12(9(2)13)10-5-4-6-11-8-10/h10-11H,3-8H2,1-2H3. The van der Waals surface area contributed by atoms with Crippen molar-refractivity contribution in [2.24, 2.45) is 0 Å². The van der Waals surface area contributed by atoms with Crippen molar-refractivity contribution in [2.75, 3.05) is 18.8 Å². The predicted molar refractivity (Wildman–Crippen MR) is 62.5 cm³/mol. The van der Waals surface area contributed by atoms with Crippen molar-refractivity contribution in [3.8, 4) is 0 Å². The Labute approximate surface area is 97.2 Å². The van der Waals surface area contributed by atoms with E-state index in [1.54, 1.807) is 6.92 Å². The van der Waals surface area contributed by atoms with Gasteiger partial charge in [0.2, 0.25) is 15.9 Å². The topological polar surface area (TPSA) is 66.5 Å². The summed E-state index contributed by atoms with van der Waals surface area (Å²) in [6, 6.07) is -0.206. The van der Waals surface area contributed by atoms with Crippen LogP contribution in [-0.4, -0.2) is 43.5 Å². The lowest BCUT2D eigenvalue weighted by Crippen LogP contribution is -2.51. The van der Waals surface area contributed by atoms with Crippen LogP contribution in [0.15, 0.2) is 0 Å². The van der Waals surface area contributed by atoms with Crippen LogP contribution in [0.4, 0.5) is 0 Å². The minimum absolute atomic E-state index is 0.0447. The Hall–Kier alpha value is -0.620. The number of piperidine rings is 1. The summed E-state index contributed by atoms with van der Waals surface area (Å²) in [5, 5.41) is 3.13. The third kappa shape index (κ3) is 3.18. The zero-order chi connectivity index (χ0) is 12.2. The first-order valence-corrected chi connectivity index (χ1v) is 7.33. The van der Waals surface area contributed by atoms with Gasteiger partial charge in [0.15, 0.2) is 0 Å². The SMILES string of the molecule is CCCS(=O)(=O)N(C(C)=O)C1CCCNC1. The molecular weight excluding hydrogens is 228 g/mol.